The van der Waals surface area contributed by atoms with Gasteiger partial charge in [-0.3, -0.25) is 0 Å². The summed E-state index contributed by atoms with van der Waals surface area (Å²) in [5.41, 5.74) is 13.9. The average molecular weight is 891 g/mol. The summed E-state index contributed by atoms with van der Waals surface area (Å²) in [6.07, 6.45) is 7.51. The lowest BCUT2D eigenvalue weighted by Gasteiger charge is -2.39. The van der Waals surface area contributed by atoms with Crippen molar-refractivity contribution in [1.29, 1.82) is 0 Å². The highest BCUT2D eigenvalue weighted by atomic mass is 28.3. The Hall–Kier alpha value is -8.18. The van der Waals surface area contributed by atoms with E-state index in [0.29, 0.717) is 0 Å². The smallest absolute Gasteiger partial charge is 0.181 e. The van der Waals surface area contributed by atoms with E-state index in [1.165, 1.54) is 43.0 Å². The molecule has 2 aliphatic rings. The van der Waals surface area contributed by atoms with Gasteiger partial charge in [-0.1, -0.05) is 202 Å². The Morgan fingerprint density at radius 3 is 1.75 bits per heavy atom. The zero-order valence-corrected chi connectivity index (χ0v) is 39.3. The van der Waals surface area contributed by atoms with E-state index in [0.717, 1.165) is 62.8 Å². The molecule has 0 spiro atoms. The molecule has 0 atom stereocenters. The third-order valence-electron chi connectivity index (χ3n) is 14.2. The molecule has 0 saturated carbocycles. The molecule has 0 amide bonds. The van der Waals surface area contributed by atoms with E-state index in [4.69, 9.17) is 4.42 Å². The summed E-state index contributed by atoms with van der Waals surface area (Å²) in [5, 5.41) is 6.32. The summed E-state index contributed by atoms with van der Waals surface area (Å²) in [5.74, 6) is 0.871. The molecular formula is C64H50N2OSi. The number of furan rings is 1. The van der Waals surface area contributed by atoms with Crippen LogP contribution in [-0.4, -0.2) is 8.07 Å². The first-order chi connectivity index (χ1) is 33.5. The largest absolute Gasteiger partial charge is 0.456 e. The van der Waals surface area contributed by atoms with Crippen molar-refractivity contribution in [1.82, 2.24) is 0 Å². The number of rotatable bonds is 10. The van der Waals surface area contributed by atoms with Gasteiger partial charge in [0.25, 0.3) is 0 Å². The van der Waals surface area contributed by atoms with Gasteiger partial charge in [-0.15, -0.1) is 0 Å². The number of hydrogen-bond acceptors (Lipinski definition) is 3. The third kappa shape index (κ3) is 6.79. The van der Waals surface area contributed by atoms with Gasteiger partial charge in [0.1, 0.15) is 11.3 Å². The van der Waals surface area contributed by atoms with Crippen LogP contribution in [0, 0.1) is 0 Å². The van der Waals surface area contributed by atoms with Crippen LogP contribution in [0.25, 0.3) is 34.2 Å². The molecule has 9 aromatic carbocycles. The lowest BCUT2D eigenvalue weighted by Crippen LogP contribution is -2.75. The van der Waals surface area contributed by atoms with E-state index in [2.05, 4.69) is 272 Å². The van der Waals surface area contributed by atoms with Gasteiger partial charge in [-0.2, -0.15) is 0 Å². The Balaban J connectivity index is 1.11. The molecule has 2 aliphatic carbocycles. The van der Waals surface area contributed by atoms with Gasteiger partial charge < -0.3 is 14.2 Å². The minimum atomic E-state index is -3.21. The van der Waals surface area contributed by atoms with Gasteiger partial charge in [-0.05, 0) is 104 Å². The molecule has 0 aliphatic heterocycles. The van der Waals surface area contributed by atoms with Crippen LogP contribution >= 0.6 is 0 Å². The van der Waals surface area contributed by atoms with E-state index >= 15 is 0 Å². The molecule has 10 aromatic rings. The maximum atomic E-state index is 6.64. The molecular weight excluding hydrogens is 841 g/mol. The molecule has 0 fully saturated rings. The van der Waals surface area contributed by atoms with Crippen LogP contribution in [0.15, 0.2) is 253 Å². The van der Waals surface area contributed by atoms with Crippen LogP contribution in [0.2, 0.25) is 0 Å². The summed E-state index contributed by atoms with van der Waals surface area (Å²) in [6.45, 7) is 4.73. The molecule has 326 valence electrons. The SMILES string of the molecule is CC1(C)c2ccccc2-c2ccc(N(c3ccccc3)c3cccc([Si](c4ccccc4)(c4ccccc4)c4ccccc4N(C4=Cc5oc6ccccc6c5C=CC4)c4ccccc4)c3)cc21. The van der Waals surface area contributed by atoms with E-state index in [9.17, 15) is 0 Å². The summed E-state index contributed by atoms with van der Waals surface area (Å²) < 4.78 is 6.64. The average Bonchev–Trinajstić information content (AvgIpc) is 3.76. The molecule has 1 heterocycles. The van der Waals surface area contributed by atoms with Crippen molar-refractivity contribution in [3.63, 3.8) is 0 Å². The number of para-hydroxylation sites is 4. The normalized spacial score (nSPS) is 13.5. The van der Waals surface area contributed by atoms with Gasteiger partial charge >= 0.3 is 0 Å². The Kier molecular flexibility index (Phi) is 10.3. The van der Waals surface area contributed by atoms with Gasteiger partial charge in [0.15, 0.2) is 8.07 Å². The van der Waals surface area contributed by atoms with Gasteiger partial charge in [0.05, 0.1) is 0 Å². The molecule has 4 heteroatoms. The van der Waals surface area contributed by atoms with Crippen molar-refractivity contribution in [2.24, 2.45) is 0 Å². The number of nitrogens with zero attached hydrogens (tertiary/aromatic N) is 2. The Bertz CT molecular complexity index is 3480. The maximum Gasteiger partial charge on any atom is 0.181 e. The highest BCUT2D eigenvalue weighted by Crippen LogP contribution is 2.50. The molecule has 3 nitrogen and oxygen atoms in total. The van der Waals surface area contributed by atoms with E-state index in [-0.39, 0.29) is 5.41 Å². The summed E-state index contributed by atoms with van der Waals surface area (Å²) in [4.78, 5) is 4.94. The fraction of sp³-hybridized carbons (Fsp3) is 0.0625. The van der Waals surface area contributed by atoms with E-state index < -0.39 is 8.07 Å². The van der Waals surface area contributed by atoms with Crippen molar-refractivity contribution in [2.45, 2.75) is 25.7 Å². The first-order valence-corrected chi connectivity index (χ1v) is 25.6. The quantitative estimate of drug-likeness (QED) is 0.101. The van der Waals surface area contributed by atoms with Gasteiger partial charge in [0, 0.05) is 63.0 Å². The molecule has 0 radical (unpaired) electrons. The van der Waals surface area contributed by atoms with Crippen LogP contribution in [0.1, 0.15) is 42.7 Å². The lowest BCUT2D eigenvalue weighted by molar-refractivity contribution is 0.603. The topological polar surface area (TPSA) is 19.6 Å². The number of benzene rings is 9. The summed E-state index contributed by atoms with van der Waals surface area (Å²) in [6, 6.07) is 87.2. The maximum absolute atomic E-state index is 6.64. The monoisotopic (exact) mass is 890 g/mol. The Morgan fingerprint density at radius 1 is 0.456 bits per heavy atom. The van der Waals surface area contributed by atoms with Crippen molar-refractivity contribution >= 4 is 80.4 Å². The van der Waals surface area contributed by atoms with Gasteiger partial charge in [-0.25, -0.2) is 0 Å². The number of anilines is 5. The minimum absolute atomic E-state index is 0.141. The lowest BCUT2D eigenvalue weighted by atomic mass is 9.82. The molecule has 0 bridgehead atoms. The zero-order valence-electron chi connectivity index (χ0n) is 38.3. The predicted octanol–water partition coefficient (Wildman–Crippen LogP) is 14.2. The van der Waals surface area contributed by atoms with Crippen molar-refractivity contribution < 1.29 is 4.42 Å². The Labute approximate surface area is 400 Å². The van der Waals surface area contributed by atoms with E-state index in [1.54, 1.807) is 0 Å². The number of hydrogen-bond donors (Lipinski definition) is 0. The molecule has 0 saturated heterocycles. The van der Waals surface area contributed by atoms with Crippen molar-refractivity contribution in [3.8, 4) is 11.1 Å². The summed E-state index contributed by atoms with van der Waals surface area (Å²) in [7, 11) is -3.21. The highest BCUT2D eigenvalue weighted by molar-refractivity contribution is 7.20. The zero-order chi connectivity index (χ0) is 45.7. The fourth-order valence-electron chi connectivity index (χ4n) is 11.1. The number of allylic oxidation sites excluding steroid dienone is 1. The standard InChI is InChI=1S/C64H50N2OSi/c1-64(2)58-37-17-15-34-54(58)55-42-41-50(44-59(55)64)65(46-23-7-3-8-24-46)48-27-21-33-53(43-48)68(51-29-11-5-12-30-51,52-31-13-6-14-32-52)63-40-20-18-38-60(63)66(47-25-9-4-10-26-47)49-28-22-36-57-56-35-16-19-39-61(56)67-62(57)45-49/h3-27,29-45H,28H2,1-2H3. The van der Waals surface area contributed by atoms with Crippen LogP contribution in [-0.2, 0) is 5.41 Å². The van der Waals surface area contributed by atoms with Gasteiger partial charge in [0.2, 0.25) is 0 Å². The third-order valence-corrected chi connectivity index (χ3v) is 19.0. The second-order valence-corrected chi connectivity index (χ2v) is 22.2. The second-order valence-electron chi connectivity index (χ2n) is 18.4. The molecule has 12 rings (SSSR count). The van der Waals surface area contributed by atoms with Crippen molar-refractivity contribution in [3.05, 3.63) is 271 Å². The fourth-order valence-corrected chi connectivity index (χ4v) is 16.1. The molecule has 1 aromatic heterocycles. The van der Waals surface area contributed by atoms with Crippen LogP contribution in [0.5, 0.6) is 0 Å². The van der Waals surface area contributed by atoms with Crippen LogP contribution in [0.3, 0.4) is 0 Å². The van der Waals surface area contributed by atoms with E-state index in [1.807, 2.05) is 6.07 Å². The second kappa shape index (κ2) is 16.9. The minimum Gasteiger partial charge on any atom is -0.456 e. The summed E-state index contributed by atoms with van der Waals surface area (Å²) >= 11 is 0. The first kappa shape index (κ1) is 41.3. The van der Waals surface area contributed by atoms with Crippen LogP contribution < -0.4 is 30.5 Å². The first-order valence-electron chi connectivity index (χ1n) is 23.6. The molecule has 68 heavy (non-hydrogen) atoms. The highest BCUT2D eigenvalue weighted by Gasteiger charge is 2.44. The molecule has 0 N–H and O–H groups in total. The molecule has 0 unspecified atom stereocenters. The predicted molar refractivity (Wildman–Crippen MR) is 289 cm³/mol. The number of fused-ring (bicyclic) bond motifs is 6. The van der Waals surface area contributed by atoms with Crippen molar-refractivity contribution in [2.75, 3.05) is 9.80 Å². The van der Waals surface area contributed by atoms with Crippen LogP contribution in [0.4, 0.5) is 28.4 Å². The Morgan fingerprint density at radius 2 is 1.01 bits per heavy atom.